The Balaban J connectivity index is 0.912. The maximum Gasteiger partial charge on any atom is 0.0971 e. The Morgan fingerprint density at radius 2 is 0.862 bits per heavy atom. The average molecular weight is 740 g/mol. The highest BCUT2D eigenvalue weighted by Gasteiger charge is 2.36. The molecule has 2 aromatic heterocycles. The largest absolute Gasteiger partial charge is 0.309 e. The van der Waals surface area contributed by atoms with Gasteiger partial charge in [-0.1, -0.05) is 135 Å². The summed E-state index contributed by atoms with van der Waals surface area (Å²) in [7, 11) is 0. The molecule has 11 aromatic rings. The van der Waals surface area contributed by atoms with Crippen molar-refractivity contribution in [3.8, 4) is 50.2 Å². The summed E-state index contributed by atoms with van der Waals surface area (Å²) in [5.41, 5.74) is 18.0. The zero-order valence-corrected chi connectivity index (χ0v) is 32.2. The third kappa shape index (κ3) is 4.80. The molecule has 2 heterocycles. The third-order valence-corrected chi connectivity index (χ3v) is 12.7. The van der Waals surface area contributed by atoms with Gasteiger partial charge in [-0.2, -0.15) is 0 Å². The van der Waals surface area contributed by atoms with Crippen molar-refractivity contribution in [3.63, 3.8) is 0 Å². The van der Waals surface area contributed by atoms with Crippen LogP contribution in [-0.2, 0) is 5.41 Å². The average Bonchev–Trinajstić information content (AvgIpc) is 3.74. The van der Waals surface area contributed by atoms with Crippen LogP contribution in [0.4, 0.5) is 0 Å². The van der Waals surface area contributed by atoms with E-state index in [1.165, 1.54) is 93.9 Å². The van der Waals surface area contributed by atoms with E-state index in [4.69, 9.17) is 9.97 Å². The maximum absolute atomic E-state index is 4.83. The fourth-order valence-electron chi connectivity index (χ4n) is 9.79. The van der Waals surface area contributed by atoms with Crippen LogP contribution in [0.15, 0.2) is 188 Å². The molecule has 0 aliphatic heterocycles. The van der Waals surface area contributed by atoms with Crippen molar-refractivity contribution >= 4 is 54.4 Å². The summed E-state index contributed by atoms with van der Waals surface area (Å²) in [6.07, 6.45) is 3.59. The van der Waals surface area contributed by atoms with E-state index in [0.29, 0.717) is 0 Å². The second-order valence-corrected chi connectivity index (χ2v) is 16.2. The molecule has 0 atom stereocenters. The number of nitrogens with zero attached hydrogens (tertiary/aromatic N) is 3. The Kier molecular flexibility index (Phi) is 6.98. The van der Waals surface area contributed by atoms with E-state index in [1.807, 2.05) is 0 Å². The number of rotatable bonds is 4. The van der Waals surface area contributed by atoms with Crippen molar-refractivity contribution in [2.75, 3.05) is 0 Å². The lowest BCUT2D eigenvalue weighted by atomic mass is 9.80. The summed E-state index contributed by atoms with van der Waals surface area (Å²) in [6, 6.07) is 64.8. The van der Waals surface area contributed by atoms with Crippen LogP contribution in [0.25, 0.3) is 105 Å². The predicted molar refractivity (Wildman–Crippen MR) is 243 cm³/mol. The van der Waals surface area contributed by atoms with Gasteiger partial charge in [0.25, 0.3) is 0 Å². The topological polar surface area (TPSA) is 30.7 Å². The maximum atomic E-state index is 4.83. The third-order valence-electron chi connectivity index (χ3n) is 12.7. The van der Waals surface area contributed by atoms with Crippen LogP contribution in [0.1, 0.15) is 25.0 Å². The minimum absolute atomic E-state index is 0.169. The highest BCUT2D eigenvalue weighted by molar-refractivity contribution is 6.23. The van der Waals surface area contributed by atoms with Crippen LogP contribution >= 0.6 is 0 Å². The molecule has 0 unspecified atom stereocenters. The first-order chi connectivity index (χ1) is 28.5. The van der Waals surface area contributed by atoms with E-state index < -0.39 is 0 Å². The van der Waals surface area contributed by atoms with E-state index >= 15 is 0 Å². The van der Waals surface area contributed by atoms with Crippen molar-refractivity contribution in [1.29, 1.82) is 0 Å². The van der Waals surface area contributed by atoms with Crippen molar-refractivity contribution in [3.05, 3.63) is 199 Å². The first-order valence-corrected chi connectivity index (χ1v) is 20.1. The molecule has 9 aromatic carbocycles. The van der Waals surface area contributed by atoms with Gasteiger partial charge in [-0.15, -0.1) is 0 Å². The van der Waals surface area contributed by atoms with E-state index in [1.54, 1.807) is 12.4 Å². The molecule has 58 heavy (non-hydrogen) atoms. The van der Waals surface area contributed by atoms with Crippen LogP contribution in [0.2, 0.25) is 0 Å². The van der Waals surface area contributed by atoms with Crippen molar-refractivity contribution < 1.29 is 0 Å². The van der Waals surface area contributed by atoms with Crippen LogP contribution in [0, 0.1) is 0 Å². The standard InChI is InChI=1S/C55H37N3/c1-55(2)49-32-38(35-12-10-11-34(29-35)37-22-26-52-47(30-37)45-16-8-9-18-51(45)58(52)40-13-4-3-5-14-40)20-24-43(49)44-25-21-39(33-50(44)55)36-19-23-42-41-15-6-7-17-46(41)53-54(48(42)31-36)57-28-27-56-53/h3-33H,1-2H3. The van der Waals surface area contributed by atoms with Crippen LogP contribution in [0.3, 0.4) is 0 Å². The normalized spacial score (nSPS) is 13.1. The Bertz CT molecular complexity index is 3450. The Morgan fingerprint density at radius 3 is 1.57 bits per heavy atom. The van der Waals surface area contributed by atoms with Gasteiger partial charge in [0.15, 0.2) is 0 Å². The summed E-state index contributed by atoms with van der Waals surface area (Å²) in [5.74, 6) is 0. The summed E-state index contributed by atoms with van der Waals surface area (Å²) < 4.78 is 2.37. The molecule has 0 N–H and O–H groups in total. The molecule has 1 aliphatic rings. The van der Waals surface area contributed by atoms with Gasteiger partial charge in [0, 0.05) is 45.0 Å². The van der Waals surface area contributed by atoms with Gasteiger partial charge in [0.2, 0.25) is 0 Å². The lowest BCUT2D eigenvalue weighted by Gasteiger charge is -2.23. The Labute approximate surface area is 336 Å². The summed E-state index contributed by atoms with van der Waals surface area (Å²) in [4.78, 5) is 9.60. The lowest BCUT2D eigenvalue weighted by Crippen LogP contribution is -2.15. The first kappa shape index (κ1) is 32.8. The molecule has 3 nitrogen and oxygen atoms in total. The van der Waals surface area contributed by atoms with Crippen molar-refractivity contribution in [2.24, 2.45) is 0 Å². The molecule has 0 amide bonds. The fourth-order valence-corrected chi connectivity index (χ4v) is 9.79. The van der Waals surface area contributed by atoms with Gasteiger partial charge < -0.3 is 4.57 Å². The first-order valence-electron chi connectivity index (χ1n) is 20.1. The molecule has 0 fully saturated rings. The number of fused-ring (bicyclic) bond motifs is 12. The molecule has 272 valence electrons. The van der Waals surface area contributed by atoms with E-state index in [0.717, 1.165) is 21.8 Å². The summed E-state index contributed by atoms with van der Waals surface area (Å²) in [5, 5.41) is 7.20. The smallest absolute Gasteiger partial charge is 0.0971 e. The summed E-state index contributed by atoms with van der Waals surface area (Å²) in [6.45, 7) is 4.75. The number of aromatic nitrogens is 3. The molecule has 1 aliphatic carbocycles. The van der Waals surface area contributed by atoms with E-state index in [-0.39, 0.29) is 5.41 Å². The minimum Gasteiger partial charge on any atom is -0.309 e. The zero-order valence-electron chi connectivity index (χ0n) is 32.2. The predicted octanol–water partition coefficient (Wildman–Crippen LogP) is 14.3. The van der Waals surface area contributed by atoms with E-state index in [2.05, 4.69) is 194 Å². The zero-order chi connectivity index (χ0) is 38.5. The highest BCUT2D eigenvalue weighted by Crippen LogP contribution is 2.51. The fraction of sp³-hybridized carbons (Fsp3) is 0.0545. The van der Waals surface area contributed by atoms with Gasteiger partial charge in [0.1, 0.15) is 0 Å². The number of hydrogen-bond acceptors (Lipinski definition) is 2. The molecule has 3 heteroatoms. The van der Waals surface area contributed by atoms with Gasteiger partial charge in [-0.3, -0.25) is 9.97 Å². The molecule has 0 bridgehead atoms. The molecular formula is C55H37N3. The molecule has 0 radical (unpaired) electrons. The van der Waals surface area contributed by atoms with Crippen LogP contribution in [0.5, 0.6) is 0 Å². The lowest BCUT2D eigenvalue weighted by molar-refractivity contribution is 0.661. The summed E-state index contributed by atoms with van der Waals surface area (Å²) >= 11 is 0. The molecule has 12 rings (SSSR count). The number of para-hydroxylation sites is 2. The van der Waals surface area contributed by atoms with Crippen molar-refractivity contribution in [1.82, 2.24) is 14.5 Å². The molecule has 0 saturated heterocycles. The van der Waals surface area contributed by atoms with E-state index in [9.17, 15) is 0 Å². The van der Waals surface area contributed by atoms with Gasteiger partial charge in [-0.05, 0) is 121 Å². The number of benzene rings is 9. The quantitative estimate of drug-likeness (QED) is 0.168. The molecule has 0 saturated carbocycles. The molecule has 0 spiro atoms. The van der Waals surface area contributed by atoms with Gasteiger partial charge in [0.05, 0.1) is 22.1 Å². The highest BCUT2D eigenvalue weighted by atomic mass is 15.0. The minimum atomic E-state index is -0.169. The molecular weight excluding hydrogens is 703 g/mol. The second kappa shape index (κ2) is 12.3. The van der Waals surface area contributed by atoms with Gasteiger partial charge in [-0.25, -0.2) is 0 Å². The second-order valence-electron chi connectivity index (χ2n) is 16.2. The van der Waals surface area contributed by atoms with Gasteiger partial charge >= 0.3 is 0 Å². The van der Waals surface area contributed by atoms with Crippen LogP contribution < -0.4 is 0 Å². The monoisotopic (exact) mass is 739 g/mol. The number of hydrogen-bond donors (Lipinski definition) is 0. The SMILES string of the molecule is CC1(C)c2cc(-c3cccc(-c4ccc5c(c4)c4ccccc4n5-c4ccccc4)c3)ccc2-c2ccc(-c3ccc4c5ccccc5c5nccnc5c4c3)cc21. The Hall–Kier alpha value is -7.36. The van der Waals surface area contributed by atoms with Crippen LogP contribution in [-0.4, -0.2) is 14.5 Å². The Morgan fingerprint density at radius 1 is 0.362 bits per heavy atom. The van der Waals surface area contributed by atoms with Crippen molar-refractivity contribution in [2.45, 2.75) is 19.3 Å².